The van der Waals surface area contributed by atoms with Gasteiger partial charge >= 0.3 is 0 Å². The van der Waals surface area contributed by atoms with Gasteiger partial charge in [-0.05, 0) is 5.92 Å². The molecule has 0 unspecified atom stereocenters. The average Bonchev–Trinajstić information content (AvgIpc) is 2.60. The molecule has 4 nitrogen and oxygen atoms in total. The second kappa shape index (κ2) is 5.82. The lowest BCUT2D eigenvalue weighted by atomic mass is 10.2. The molecule has 0 aliphatic rings. The average molecular weight is 227 g/mol. The predicted molar refractivity (Wildman–Crippen MR) is 61.7 cm³/mol. The number of hydrogen-bond acceptors (Lipinski definition) is 4. The van der Waals surface area contributed by atoms with Crippen LogP contribution >= 0.6 is 11.3 Å². The molecule has 1 heterocycles. The maximum atomic E-state index is 10.5. The third-order valence-electron chi connectivity index (χ3n) is 1.96. The number of amides is 1. The molecule has 0 aromatic carbocycles. The van der Waals surface area contributed by atoms with Crippen LogP contribution in [0.25, 0.3) is 0 Å². The highest BCUT2D eigenvalue weighted by molar-refractivity contribution is 7.11. The van der Waals surface area contributed by atoms with E-state index in [1.54, 1.807) is 11.3 Å². The van der Waals surface area contributed by atoms with Gasteiger partial charge in [0.2, 0.25) is 5.91 Å². The summed E-state index contributed by atoms with van der Waals surface area (Å²) in [5.41, 5.74) is 5.02. The molecule has 0 bridgehead atoms. The number of nitrogens with two attached hydrogens (primary N) is 1. The molecule has 0 saturated carbocycles. The Balaban J connectivity index is 2.28. The minimum atomic E-state index is -0.274. The highest BCUT2D eigenvalue weighted by Gasteiger charge is 2.04. The fraction of sp³-hybridized carbons (Fsp3) is 0.600. The second-order valence-electron chi connectivity index (χ2n) is 3.70. The van der Waals surface area contributed by atoms with Crippen molar-refractivity contribution in [2.45, 2.75) is 32.7 Å². The van der Waals surface area contributed by atoms with Gasteiger partial charge in [-0.15, -0.1) is 11.3 Å². The molecule has 1 aromatic heterocycles. The van der Waals surface area contributed by atoms with E-state index in [0.29, 0.717) is 25.4 Å². The van der Waals surface area contributed by atoms with E-state index in [0.717, 1.165) is 5.01 Å². The molecule has 1 rings (SSSR count). The van der Waals surface area contributed by atoms with Crippen molar-refractivity contribution in [1.29, 1.82) is 0 Å². The number of aromatic nitrogens is 1. The smallest absolute Gasteiger partial charge is 0.218 e. The van der Waals surface area contributed by atoms with Crippen LogP contribution in [-0.2, 0) is 11.3 Å². The van der Waals surface area contributed by atoms with Gasteiger partial charge in [0.25, 0.3) is 0 Å². The van der Waals surface area contributed by atoms with Gasteiger partial charge in [-0.3, -0.25) is 4.79 Å². The van der Waals surface area contributed by atoms with Crippen LogP contribution in [-0.4, -0.2) is 17.4 Å². The van der Waals surface area contributed by atoms with Gasteiger partial charge in [0, 0.05) is 30.6 Å². The van der Waals surface area contributed by atoms with Crippen LogP contribution in [0.4, 0.5) is 0 Å². The number of nitrogens with one attached hydrogen (secondary N) is 1. The Morgan fingerprint density at radius 1 is 1.67 bits per heavy atom. The molecule has 3 N–H and O–H groups in total. The van der Waals surface area contributed by atoms with Gasteiger partial charge in [-0.25, -0.2) is 4.98 Å². The van der Waals surface area contributed by atoms with E-state index in [4.69, 9.17) is 5.73 Å². The van der Waals surface area contributed by atoms with Crippen molar-refractivity contribution < 1.29 is 4.79 Å². The van der Waals surface area contributed by atoms with Crippen LogP contribution in [0.15, 0.2) is 6.20 Å². The molecule has 0 spiro atoms. The molecule has 0 radical (unpaired) electrons. The summed E-state index contributed by atoms with van der Waals surface area (Å²) in [5, 5.41) is 4.19. The summed E-state index contributed by atoms with van der Waals surface area (Å²) in [7, 11) is 0. The number of thiazole rings is 1. The van der Waals surface area contributed by atoms with Crippen molar-refractivity contribution in [3.63, 3.8) is 0 Å². The van der Waals surface area contributed by atoms with Gasteiger partial charge in [0.1, 0.15) is 5.01 Å². The van der Waals surface area contributed by atoms with Crippen LogP contribution in [0.5, 0.6) is 0 Å². The maximum absolute atomic E-state index is 10.5. The summed E-state index contributed by atoms with van der Waals surface area (Å²) in [6.07, 6.45) is 2.29. The van der Waals surface area contributed by atoms with E-state index in [9.17, 15) is 4.79 Å². The third-order valence-corrected chi connectivity index (χ3v) is 3.26. The van der Waals surface area contributed by atoms with Crippen LogP contribution in [0.3, 0.4) is 0 Å². The zero-order chi connectivity index (χ0) is 11.3. The fourth-order valence-corrected chi connectivity index (χ4v) is 1.97. The Bertz CT molecular complexity index is 322. The Labute approximate surface area is 93.9 Å². The number of rotatable bonds is 6. The molecule has 1 amide bonds. The van der Waals surface area contributed by atoms with Crippen LogP contribution in [0.2, 0.25) is 0 Å². The summed E-state index contributed by atoms with van der Waals surface area (Å²) in [4.78, 5) is 16.1. The molecule has 0 saturated heterocycles. The predicted octanol–water partition coefficient (Wildman–Crippen LogP) is 1.23. The van der Waals surface area contributed by atoms with Crippen molar-refractivity contribution in [3.05, 3.63) is 16.1 Å². The van der Waals surface area contributed by atoms with E-state index < -0.39 is 0 Å². The molecule has 5 heteroatoms. The largest absolute Gasteiger partial charge is 0.370 e. The number of hydrogen-bond donors (Lipinski definition) is 2. The summed E-state index contributed by atoms with van der Waals surface area (Å²) in [6.45, 7) is 5.63. The number of nitrogens with zero attached hydrogens (tertiary/aromatic N) is 1. The normalized spacial score (nSPS) is 10.9. The van der Waals surface area contributed by atoms with E-state index >= 15 is 0 Å². The minimum absolute atomic E-state index is 0.274. The van der Waals surface area contributed by atoms with Crippen LogP contribution in [0, 0.1) is 0 Å². The van der Waals surface area contributed by atoms with Crippen LogP contribution in [0.1, 0.15) is 36.1 Å². The van der Waals surface area contributed by atoms with Gasteiger partial charge in [0.15, 0.2) is 0 Å². The Kier molecular flexibility index (Phi) is 4.71. The third kappa shape index (κ3) is 4.40. The van der Waals surface area contributed by atoms with Gasteiger partial charge in [-0.2, -0.15) is 0 Å². The molecular formula is C10H17N3OS. The van der Waals surface area contributed by atoms with Crippen molar-refractivity contribution in [2.24, 2.45) is 5.73 Å². The second-order valence-corrected chi connectivity index (χ2v) is 4.85. The van der Waals surface area contributed by atoms with E-state index in [-0.39, 0.29) is 5.91 Å². The molecule has 15 heavy (non-hydrogen) atoms. The number of carbonyl (C=O) groups is 1. The Morgan fingerprint density at radius 2 is 2.40 bits per heavy atom. The monoisotopic (exact) mass is 227 g/mol. The van der Waals surface area contributed by atoms with Crippen molar-refractivity contribution in [1.82, 2.24) is 10.3 Å². The number of carbonyl (C=O) groups excluding carboxylic acids is 1. The lowest BCUT2D eigenvalue weighted by Gasteiger charge is -1.99. The van der Waals surface area contributed by atoms with Crippen molar-refractivity contribution in [2.75, 3.05) is 6.54 Å². The lowest BCUT2D eigenvalue weighted by molar-refractivity contribution is -0.117. The minimum Gasteiger partial charge on any atom is -0.370 e. The van der Waals surface area contributed by atoms with E-state index in [2.05, 4.69) is 24.1 Å². The summed E-state index contributed by atoms with van der Waals surface area (Å²) >= 11 is 1.71. The highest BCUT2D eigenvalue weighted by Crippen LogP contribution is 2.21. The zero-order valence-corrected chi connectivity index (χ0v) is 9.93. The molecule has 0 aliphatic heterocycles. The van der Waals surface area contributed by atoms with E-state index in [1.807, 2.05) is 6.20 Å². The SMILES string of the molecule is CC(C)c1cnc(CNCCC(N)=O)s1. The first-order valence-corrected chi connectivity index (χ1v) is 5.85. The summed E-state index contributed by atoms with van der Waals surface area (Å²) in [6, 6.07) is 0. The van der Waals surface area contributed by atoms with Gasteiger partial charge < -0.3 is 11.1 Å². The quantitative estimate of drug-likeness (QED) is 0.718. The topological polar surface area (TPSA) is 68.0 Å². The highest BCUT2D eigenvalue weighted by atomic mass is 32.1. The molecule has 0 fully saturated rings. The first kappa shape index (κ1) is 12.1. The lowest BCUT2D eigenvalue weighted by Crippen LogP contribution is -2.21. The standard InChI is InChI=1S/C10H17N3OS/c1-7(2)8-5-13-10(15-8)6-12-4-3-9(11)14/h5,7,12H,3-4,6H2,1-2H3,(H2,11,14). The molecule has 0 aliphatic carbocycles. The van der Waals surface area contributed by atoms with Gasteiger partial charge in [0.05, 0.1) is 0 Å². The summed E-state index contributed by atoms with van der Waals surface area (Å²) < 4.78 is 0. The Morgan fingerprint density at radius 3 is 2.93 bits per heavy atom. The summed E-state index contributed by atoms with van der Waals surface area (Å²) in [5.74, 6) is 0.256. The van der Waals surface area contributed by atoms with Crippen molar-refractivity contribution in [3.8, 4) is 0 Å². The first-order valence-electron chi connectivity index (χ1n) is 5.03. The van der Waals surface area contributed by atoms with Gasteiger partial charge in [-0.1, -0.05) is 13.8 Å². The first-order chi connectivity index (χ1) is 7.09. The zero-order valence-electron chi connectivity index (χ0n) is 9.12. The van der Waals surface area contributed by atoms with E-state index in [1.165, 1.54) is 4.88 Å². The molecule has 1 aromatic rings. The van der Waals surface area contributed by atoms with Crippen LogP contribution < -0.4 is 11.1 Å². The molecular weight excluding hydrogens is 210 g/mol. The molecule has 84 valence electrons. The fourth-order valence-electron chi connectivity index (χ4n) is 1.08. The maximum Gasteiger partial charge on any atom is 0.218 e. The molecule has 0 atom stereocenters. The Hall–Kier alpha value is -0.940. The number of primary amides is 1. The van der Waals surface area contributed by atoms with Crippen molar-refractivity contribution >= 4 is 17.2 Å².